The number of nitrogens with zero attached hydrogens (tertiary/aromatic N) is 1. The van der Waals surface area contributed by atoms with Gasteiger partial charge in [-0.2, -0.15) is 0 Å². The van der Waals surface area contributed by atoms with E-state index in [1.54, 1.807) is 7.05 Å². The molecule has 0 aliphatic carbocycles. The van der Waals surface area contributed by atoms with E-state index in [2.05, 4.69) is 54.1 Å². The number of halogens is 1. The van der Waals surface area contributed by atoms with Gasteiger partial charge in [0.2, 0.25) is 0 Å². The third kappa shape index (κ3) is 8.85. The summed E-state index contributed by atoms with van der Waals surface area (Å²) in [5, 5.41) is 9.34. The summed E-state index contributed by atoms with van der Waals surface area (Å²) in [6.07, 6.45) is 1.84. The molecule has 0 bridgehead atoms. The largest absolute Gasteiger partial charge is 0.357 e. The van der Waals surface area contributed by atoms with Gasteiger partial charge in [-0.25, -0.2) is 0 Å². The van der Waals surface area contributed by atoms with E-state index in [9.17, 15) is 4.79 Å². The molecule has 6 heteroatoms. The molecular weight excluding hydrogens is 475 g/mol. The molecule has 2 rings (SSSR count). The van der Waals surface area contributed by atoms with Gasteiger partial charge >= 0.3 is 0 Å². The maximum atomic E-state index is 11.8. The molecule has 1 unspecified atom stereocenters. The van der Waals surface area contributed by atoms with Crippen LogP contribution in [0, 0.1) is 0 Å². The van der Waals surface area contributed by atoms with Crippen LogP contribution in [0.5, 0.6) is 0 Å². The van der Waals surface area contributed by atoms with Crippen LogP contribution in [0.3, 0.4) is 0 Å². The van der Waals surface area contributed by atoms with E-state index in [4.69, 9.17) is 4.99 Å². The third-order valence-electron chi connectivity index (χ3n) is 4.67. The van der Waals surface area contributed by atoms with Gasteiger partial charge in [0.15, 0.2) is 5.96 Å². The number of amides is 1. The van der Waals surface area contributed by atoms with Crippen molar-refractivity contribution in [2.75, 3.05) is 26.7 Å². The molecule has 0 radical (unpaired) electrons. The molecule has 3 N–H and O–H groups in total. The van der Waals surface area contributed by atoms with Crippen molar-refractivity contribution in [2.45, 2.75) is 32.6 Å². The highest BCUT2D eigenvalue weighted by Crippen LogP contribution is 2.18. The van der Waals surface area contributed by atoms with Crippen LogP contribution in [0.25, 0.3) is 0 Å². The van der Waals surface area contributed by atoms with Crippen LogP contribution < -0.4 is 16.0 Å². The number of hydrogen-bond acceptors (Lipinski definition) is 2. The number of carbonyl (C=O) groups is 1. The fourth-order valence-corrected chi connectivity index (χ4v) is 3.00. The van der Waals surface area contributed by atoms with Crippen LogP contribution in [-0.2, 0) is 6.42 Å². The minimum atomic E-state index is -0.0581. The molecule has 158 valence electrons. The van der Waals surface area contributed by atoms with Crippen LogP contribution in [0.2, 0.25) is 0 Å². The lowest BCUT2D eigenvalue weighted by molar-refractivity contribution is 0.0963. The van der Waals surface area contributed by atoms with E-state index >= 15 is 0 Å². The number of aliphatic imine (C=N–C) groups is 1. The highest BCUT2D eigenvalue weighted by molar-refractivity contribution is 14.0. The Labute approximate surface area is 191 Å². The lowest BCUT2D eigenvalue weighted by Crippen LogP contribution is -2.38. The summed E-state index contributed by atoms with van der Waals surface area (Å²) in [5.74, 6) is 1.27. The van der Waals surface area contributed by atoms with Gasteiger partial charge in [0.05, 0.1) is 0 Å². The zero-order valence-electron chi connectivity index (χ0n) is 17.6. The smallest absolute Gasteiger partial charge is 0.251 e. The zero-order chi connectivity index (χ0) is 20.2. The summed E-state index contributed by atoms with van der Waals surface area (Å²) in [7, 11) is 1.65. The van der Waals surface area contributed by atoms with Crippen molar-refractivity contribution >= 4 is 35.8 Å². The van der Waals surface area contributed by atoms with E-state index < -0.39 is 0 Å². The molecule has 0 aliphatic rings. The number of hydrogen-bond donors (Lipinski definition) is 3. The zero-order valence-corrected chi connectivity index (χ0v) is 19.9. The molecule has 0 aliphatic heterocycles. The Bertz CT molecular complexity index is 764. The normalized spacial score (nSPS) is 11.9. The van der Waals surface area contributed by atoms with Gasteiger partial charge in [-0.15, -0.1) is 24.0 Å². The first-order chi connectivity index (χ1) is 13.6. The highest BCUT2D eigenvalue weighted by Gasteiger charge is 2.06. The van der Waals surface area contributed by atoms with Gasteiger partial charge < -0.3 is 16.0 Å². The first-order valence-electron chi connectivity index (χ1n) is 10.0. The van der Waals surface area contributed by atoms with Crippen LogP contribution >= 0.6 is 24.0 Å². The predicted molar refractivity (Wildman–Crippen MR) is 132 cm³/mol. The monoisotopic (exact) mass is 508 g/mol. The summed E-state index contributed by atoms with van der Waals surface area (Å²) in [5.41, 5.74) is 3.17. The molecule has 0 heterocycles. The van der Waals surface area contributed by atoms with Gasteiger partial charge in [-0.1, -0.05) is 49.4 Å². The van der Waals surface area contributed by atoms with E-state index in [1.807, 2.05) is 30.3 Å². The number of carbonyl (C=O) groups excluding carboxylic acids is 1. The molecule has 0 saturated heterocycles. The molecule has 1 amide bonds. The summed E-state index contributed by atoms with van der Waals surface area (Å²) in [6, 6.07) is 18.3. The Balaban J connectivity index is 0.00000420. The predicted octanol–water partition coefficient (Wildman–Crippen LogP) is 3.96. The second kappa shape index (κ2) is 14.0. The first kappa shape index (κ1) is 24.9. The van der Waals surface area contributed by atoms with Crippen LogP contribution in [0.1, 0.15) is 47.7 Å². The first-order valence-corrected chi connectivity index (χ1v) is 10.0. The topological polar surface area (TPSA) is 65.5 Å². The van der Waals surface area contributed by atoms with Crippen molar-refractivity contribution in [3.8, 4) is 0 Å². The average molecular weight is 508 g/mol. The van der Waals surface area contributed by atoms with Crippen molar-refractivity contribution < 1.29 is 4.79 Å². The van der Waals surface area contributed by atoms with E-state index in [-0.39, 0.29) is 29.9 Å². The Morgan fingerprint density at radius 2 is 1.83 bits per heavy atom. The summed E-state index contributed by atoms with van der Waals surface area (Å²) >= 11 is 0. The maximum Gasteiger partial charge on any atom is 0.251 e. The molecule has 2 aromatic rings. The highest BCUT2D eigenvalue weighted by atomic mass is 127. The fraction of sp³-hybridized carbons (Fsp3) is 0.391. The van der Waals surface area contributed by atoms with Crippen molar-refractivity contribution in [3.05, 3.63) is 71.3 Å². The van der Waals surface area contributed by atoms with Crippen LogP contribution in [-0.4, -0.2) is 38.5 Å². The summed E-state index contributed by atoms with van der Waals surface area (Å²) in [6.45, 7) is 6.67. The quantitative estimate of drug-likeness (QED) is 0.273. The molecular formula is C23H33IN4O. The van der Waals surface area contributed by atoms with Gasteiger partial charge in [0.25, 0.3) is 5.91 Å². The van der Waals surface area contributed by atoms with Gasteiger partial charge in [0.1, 0.15) is 0 Å². The third-order valence-corrected chi connectivity index (χ3v) is 4.67. The Kier molecular flexibility index (Phi) is 12.0. The Morgan fingerprint density at radius 3 is 2.52 bits per heavy atom. The molecule has 0 spiro atoms. The second-order valence-corrected chi connectivity index (χ2v) is 6.82. The lowest BCUT2D eigenvalue weighted by Gasteiger charge is -2.13. The van der Waals surface area contributed by atoms with Gasteiger partial charge in [-0.05, 0) is 48.9 Å². The number of rotatable bonds is 9. The standard InChI is InChI=1S/C23H32N4O.HI/c1-4-25-23(26-15-13-18(2)20-10-6-5-7-11-20)27-16-14-19-9-8-12-21(17-19)22(28)24-3;/h5-12,17-18H,4,13-16H2,1-3H3,(H,24,28)(H2,25,26,27);1H. The van der Waals surface area contributed by atoms with Gasteiger partial charge in [0, 0.05) is 32.2 Å². The van der Waals surface area contributed by atoms with E-state index in [1.165, 1.54) is 5.56 Å². The lowest BCUT2D eigenvalue weighted by atomic mass is 9.98. The maximum absolute atomic E-state index is 11.8. The van der Waals surface area contributed by atoms with Gasteiger partial charge in [-0.3, -0.25) is 9.79 Å². The molecule has 2 aromatic carbocycles. The number of benzene rings is 2. The van der Waals surface area contributed by atoms with Crippen LogP contribution in [0.15, 0.2) is 59.6 Å². The van der Waals surface area contributed by atoms with E-state index in [0.717, 1.165) is 44.0 Å². The van der Waals surface area contributed by atoms with Crippen molar-refractivity contribution in [1.82, 2.24) is 16.0 Å². The molecule has 5 nitrogen and oxygen atoms in total. The Morgan fingerprint density at radius 1 is 1.07 bits per heavy atom. The average Bonchev–Trinajstić information content (AvgIpc) is 2.74. The van der Waals surface area contributed by atoms with Crippen molar-refractivity contribution in [3.63, 3.8) is 0 Å². The van der Waals surface area contributed by atoms with Crippen molar-refractivity contribution in [1.29, 1.82) is 0 Å². The second-order valence-electron chi connectivity index (χ2n) is 6.82. The number of guanidine groups is 1. The molecule has 29 heavy (non-hydrogen) atoms. The molecule has 0 saturated carbocycles. The molecule has 0 aromatic heterocycles. The van der Waals surface area contributed by atoms with Crippen molar-refractivity contribution in [2.24, 2.45) is 4.99 Å². The molecule has 1 atom stereocenters. The van der Waals surface area contributed by atoms with E-state index in [0.29, 0.717) is 11.5 Å². The minimum Gasteiger partial charge on any atom is -0.357 e. The minimum absolute atomic E-state index is 0. The summed E-state index contributed by atoms with van der Waals surface area (Å²) in [4.78, 5) is 16.5. The fourth-order valence-electron chi connectivity index (χ4n) is 3.00. The molecule has 0 fully saturated rings. The van der Waals surface area contributed by atoms with Crippen LogP contribution in [0.4, 0.5) is 0 Å². The Hall–Kier alpha value is -2.09. The number of nitrogens with one attached hydrogen (secondary N) is 3. The summed E-state index contributed by atoms with van der Waals surface area (Å²) < 4.78 is 0. The SMILES string of the molecule is CCNC(=NCCC(C)c1ccccc1)NCCc1cccc(C(=O)NC)c1.I.